The van der Waals surface area contributed by atoms with E-state index in [-0.39, 0.29) is 18.0 Å². The summed E-state index contributed by atoms with van der Waals surface area (Å²) in [5, 5.41) is 11.0. The Morgan fingerprint density at radius 1 is 0.933 bits per heavy atom. The van der Waals surface area contributed by atoms with Crippen molar-refractivity contribution in [1.29, 1.82) is 0 Å². The van der Waals surface area contributed by atoms with Crippen molar-refractivity contribution >= 4 is 10.0 Å². The van der Waals surface area contributed by atoms with Crippen LogP contribution < -0.4 is 0 Å². The second-order valence-corrected chi connectivity index (χ2v) is 8.81. The van der Waals surface area contributed by atoms with Crippen molar-refractivity contribution in [3.05, 3.63) is 96.1 Å². The topological polar surface area (TPSA) is 93.9 Å². The highest BCUT2D eigenvalue weighted by atomic mass is 32.2. The van der Waals surface area contributed by atoms with E-state index in [9.17, 15) is 8.42 Å². The zero-order valence-electron chi connectivity index (χ0n) is 16.3. The highest BCUT2D eigenvalue weighted by molar-refractivity contribution is 7.89. The van der Waals surface area contributed by atoms with Gasteiger partial charge >= 0.3 is 0 Å². The van der Waals surface area contributed by atoms with Gasteiger partial charge in [-0.3, -0.25) is 4.98 Å². The minimum atomic E-state index is -3.75. The maximum absolute atomic E-state index is 13.5. The van der Waals surface area contributed by atoms with Crippen molar-refractivity contribution in [1.82, 2.24) is 29.5 Å². The van der Waals surface area contributed by atoms with Crippen LogP contribution >= 0.6 is 0 Å². The molecular weight excluding hydrogens is 400 g/mol. The van der Waals surface area contributed by atoms with Crippen LogP contribution in [0.4, 0.5) is 0 Å². The molecule has 4 aromatic rings. The Morgan fingerprint density at radius 2 is 1.67 bits per heavy atom. The Kier molecular flexibility index (Phi) is 5.64. The molecule has 0 aliphatic heterocycles. The number of hydrogen-bond donors (Lipinski definition) is 0. The van der Waals surface area contributed by atoms with Crippen LogP contribution in [0.3, 0.4) is 0 Å². The lowest BCUT2D eigenvalue weighted by Gasteiger charge is -2.22. The third kappa shape index (κ3) is 4.42. The second-order valence-electron chi connectivity index (χ2n) is 6.87. The first-order chi connectivity index (χ1) is 14.5. The summed E-state index contributed by atoms with van der Waals surface area (Å²) in [6.07, 6.45) is 4.80. The standard InChI is InChI=1S/C21H20N6O2S/c1-17-4-6-18(7-5-17)14-26(15-19-3-2-12-22-13-19)30(28,29)21-10-8-20(9-11-21)27-16-23-24-25-27/h2-13,16H,14-15H2,1H3. The van der Waals surface area contributed by atoms with E-state index in [2.05, 4.69) is 20.5 Å². The van der Waals surface area contributed by atoms with E-state index in [1.54, 1.807) is 42.7 Å². The summed E-state index contributed by atoms with van der Waals surface area (Å²) < 4.78 is 29.9. The molecule has 152 valence electrons. The number of tetrazole rings is 1. The van der Waals surface area contributed by atoms with Crippen LogP contribution in [0.2, 0.25) is 0 Å². The van der Waals surface area contributed by atoms with E-state index in [0.717, 1.165) is 16.7 Å². The highest BCUT2D eigenvalue weighted by Crippen LogP contribution is 2.22. The highest BCUT2D eigenvalue weighted by Gasteiger charge is 2.25. The summed E-state index contributed by atoms with van der Waals surface area (Å²) >= 11 is 0. The molecule has 30 heavy (non-hydrogen) atoms. The van der Waals surface area contributed by atoms with Crippen LogP contribution in [0.1, 0.15) is 16.7 Å². The predicted molar refractivity (Wildman–Crippen MR) is 111 cm³/mol. The smallest absolute Gasteiger partial charge is 0.243 e. The zero-order chi connectivity index (χ0) is 21.0. The molecule has 0 amide bonds. The summed E-state index contributed by atoms with van der Waals surface area (Å²) in [6.45, 7) is 2.48. The second kappa shape index (κ2) is 8.52. The lowest BCUT2D eigenvalue weighted by Crippen LogP contribution is -2.30. The molecule has 0 radical (unpaired) electrons. The average Bonchev–Trinajstić information content (AvgIpc) is 3.31. The van der Waals surface area contributed by atoms with Gasteiger partial charge in [-0.05, 0) is 58.8 Å². The van der Waals surface area contributed by atoms with Crippen molar-refractivity contribution < 1.29 is 8.42 Å². The lowest BCUT2D eigenvalue weighted by atomic mass is 10.1. The van der Waals surface area contributed by atoms with E-state index in [4.69, 9.17) is 0 Å². The van der Waals surface area contributed by atoms with E-state index in [0.29, 0.717) is 5.69 Å². The Bertz CT molecular complexity index is 1190. The van der Waals surface area contributed by atoms with Crippen LogP contribution in [0.25, 0.3) is 5.69 Å². The number of rotatable bonds is 7. The maximum atomic E-state index is 13.5. The van der Waals surface area contributed by atoms with Crippen LogP contribution in [0.5, 0.6) is 0 Å². The molecule has 0 fully saturated rings. The quantitative estimate of drug-likeness (QED) is 0.456. The number of sulfonamides is 1. The minimum absolute atomic E-state index is 0.204. The lowest BCUT2D eigenvalue weighted by molar-refractivity contribution is 0.400. The molecule has 0 saturated heterocycles. The molecule has 8 nitrogen and oxygen atoms in total. The molecule has 0 saturated carbocycles. The van der Waals surface area contributed by atoms with Crippen molar-refractivity contribution in [3.8, 4) is 5.69 Å². The Labute approximate surface area is 174 Å². The molecule has 0 bridgehead atoms. The van der Waals surface area contributed by atoms with Gasteiger partial charge in [0, 0.05) is 25.5 Å². The van der Waals surface area contributed by atoms with Crippen LogP contribution in [0, 0.1) is 6.92 Å². The number of aromatic nitrogens is 5. The van der Waals surface area contributed by atoms with Gasteiger partial charge in [0.2, 0.25) is 10.0 Å². The van der Waals surface area contributed by atoms with Crippen molar-refractivity contribution in [3.63, 3.8) is 0 Å². The Morgan fingerprint density at radius 3 is 2.30 bits per heavy atom. The maximum Gasteiger partial charge on any atom is 0.243 e. The first kappa shape index (κ1) is 19.9. The molecule has 9 heteroatoms. The molecule has 2 aromatic carbocycles. The molecule has 0 aliphatic carbocycles. The number of benzene rings is 2. The van der Waals surface area contributed by atoms with Crippen LogP contribution in [-0.2, 0) is 23.1 Å². The molecule has 2 heterocycles. The molecule has 0 spiro atoms. The van der Waals surface area contributed by atoms with Gasteiger partial charge in [0.05, 0.1) is 10.6 Å². The van der Waals surface area contributed by atoms with E-state index in [1.807, 2.05) is 37.3 Å². The van der Waals surface area contributed by atoms with Crippen molar-refractivity contribution in [2.24, 2.45) is 0 Å². The largest absolute Gasteiger partial charge is 0.264 e. The van der Waals surface area contributed by atoms with Gasteiger partial charge in [-0.2, -0.15) is 4.31 Å². The average molecular weight is 420 g/mol. The summed E-state index contributed by atoms with van der Waals surface area (Å²) in [7, 11) is -3.75. The fourth-order valence-electron chi connectivity index (χ4n) is 3.02. The summed E-state index contributed by atoms with van der Waals surface area (Å²) in [6, 6.07) is 18.0. The Balaban J connectivity index is 1.66. The van der Waals surface area contributed by atoms with Gasteiger partial charge in [0.25, 0.3) is 0 Å². The van der Waals surface area contributed by atoms with Gasteiger partial charge < -0.3 is 0 Å². The molecule has 0 unspecified atom stereocenters. The molecule has 0 N–H and O–H groups in total. The molecule has 2 aromatic heterocycles. The van der Waals surface area contributed by atoms with Gasteiger partial charge in [-0.1, -0.05) is 35.9 Å². The van der Waals surface area contributed by atoms with Crippen molar-refractivity contribution in [2.45, 2.75) is 24.9 Å². The minimum Gasteiger partial charge on any atom is -0.264 e. The van der Waals surface area contributed by atoms with Crippen LogP contribution in [0.15, 0.2) is 84.3 Å². The summed E-state index contributed by atoms with van der Waals surface area (Å²) in [5.41, 5.74) is 3.53. The fraction of sp³-hybridized carbons (Fsp3) is 0.143. The van der Waals surface area contributed by atoms with Gasteiger partial charge in [0.15, 0.2) is 0 Å². The predicted octanol–water partition coefficient (Wildman–Crippen LogP) is 2.76. The van der Waals surface area contributed by atoms with Gasteiger partial charge in [-0.25, -0.2) is 13.1 Å². The first-order valence-electron chi connectivity index (χ1n) is 9.30. The van der Waals surface area contributed by atoms with Crippen LogP contribution in [-0.4, -0.2) is 37.9 Å². The molecular formula is C21H20N6O2S. The first-order valence-corrected chi connectivity index (χ1v) is 10.7. The van der Waals surface area contributed by atoms with E-state index in [1.165, 1.54) is 15.3 Å². The molecule has 4 rings (SSSR count). The zero-order valence-corrected chi connectivity index (χ0v) is 17.1. The Hall–Kier alpha value is -3.43. The normalized spacial score (nSPS) is 11.7. The number of pyridine rings is 1. The van der Waals surface area contributed by atoms with Crippen molar-refractivity contribution in [2.75, 3.05) is 0 Å². The summed E-state index contributed by atoms with van der Waals surface area (Å²) in [4.78, 5) is 4.31. The number of hydrogen-bond acceptors (Lipinski definition) is 6. The number of aryl methyl sites for hydroxylation is 1. The number of nitrogens with zero attached hydrogens (tertiary/aromatic N) is 6. The van der Waals surface area contributed by atoms with E-state index >= 15 is 0 Å². The van der Waals surface area contributed by atoms with Gasteiger partial charge in [-0.15, -0.1) is 5.10 Å². The van der Waals surface area contributed by atoms with Gasteiger partial charge in [0.1, 0.15) is 6.33 Å². The SMILES string of the molecule is Cc1ccc(CN(Cc2cccnc2)S(=O)(=O)c2ccc(-n3cnnn3)cc2)cc1. The monoisotopic (exact) mass is 420 g/mol. The summed E-state index contributed by atoms with van der Waals surface area (Å²) in [5.74, 6) is 0. The molecule has 0 aliphatic rings. The fourth-order valence-corrected chi connectivity index (χ4v) is 4.43. The van der Waals surface area contributed by atoms with E-state index < -0.39 is 10.0 Å². The molecule has 0 atom stereocenters. The third-order valence-electron chi connectivity index (χ3n) is 4.65. The third-order valence-corrected chi connectivity index (χ3v) is 6.46.